The van der Waals surface area contributed by atoms with Gasteiger partial charge in [0.25, 0.3) is 0 Å². The molecular weight excluding hydrogens is 404 g/mol. The Kier molecular flexibility index (Phi) is 6.20. The number of nitrogens with zero attached hydrogens (tertiary/aromatic N) is 1. The molecule has 1 aromatic carbocycles. The van der Waals surface area contributed by atoms with Gasteiger partial charge in [-0.3, -0.25) is 14.7 Å². The monoisotopic (exact) mass is 418 g/mol. The number of aliphatic hydroxyl groups excluding tert-OH is 1. The quantitative estimate of drug-likeness (QED) is 0.697. The highest BCUT2D eigenvalue weighted by Crippen LogP contribution is 2.34. The number of esters is 2. The Hall–Kier alpha value is -1.64. The summed E-state index contributed by atoms with van der Waals surface area (Å²) in [5, 5.41) is 17.3. The van der Waals surface area contributed by atoms with Gasteiger partial charge in [0.15, 0.2) is 5.15 Å². The molecule has 1 aromatic heterocycles. The van der Waals surface area contributed by atoms with Gasteiger partial charge in [-0.2, -0.15) is 5.10 Å². The molecule has 2 N–H and O–H groups in total. The smallest absolute Gasteiger partial charge is 0.309 e. The van der Waals surface area contributed by atoms with Gasteiger partial charge in [0.1, 0.15) is 0 Å². The third-order valence-corrected chi connectivity index (χ3v) is 4.65. The number of hydrogen-bond donors (Lipinski definition) is 2. The fourth-order valence-corrected chi connectivity index (χ4v) is 3.37. The summed E-state index contributed by atoms with van der Waals surface area (Å²) >= 11 is 9.51. The molecule has 2 aromatic rings. The van der Waals surface area contributed by atoms with Crippen molar-refractivity contribution in [1.29, 1.82) is 0 Å². The maximum Gasteiger partial charge on any atom is 0.309 e. The zero-order chi connectivity index (χ0) is 17.9. The van der Waals surface area contributed by atoms with Crippen LogP contribution in [-0.2, 0) is 32.1 Å². The van der Waals surface area contributed by atoms with Crippen LogP contribution >= 0.6 is 27.5 Å². The van der Waals surface area contributed by atoms with E-state index in [2.05, 4.69) is 30.9 Å². The number of benzene rings is 1. The third-order valence-electron chi connectivity index (χ3n) is 3.75. The van der Waals surface area contributed by atoms with Crippen LogP contribution in [0.3, 0.4) is 0 Å². The molecule has 0 unspecified atom stereocenters. The number of hydrogen-bond acceptors (Lipinski definition) is 6. The third kappa shape index (κ3) is 3.71. The van der Waals surface area contributed by atoms with Crippen LogP contribution in [0.4, 0.5) is 0 Å². The first kappa shape index (κ1) is 18.7. The van der Waals surface area contributed by atoms with Crippen molar-refractivity contribution < 1.29 is 24.2 Å². The molecule has 0 radical (unpaired) electrons. The summed E-state index contributed by atoms with van der Waals surface area (Å²) in [4.78, 5) is 23.5. The number of ether oxygens (including phenoxy) is 2. The molecule has 0 aliphatic carbocycles. The summed E-state index contributed by atoms with van der Waals surface area (Å²) in [6.45, 7) is -0.287. The lowest BCUT2D eigenvalue weighted by Crippen LogP contribution is -2.23. The van der Waals surface area contributed by atoms with Crippen molar-refractivity contribution in [2.24, 2.45) is 5.92 Å². The van der Waals surface area contributed by atoms with E-state index in [1.54, 1.807) is 6.07 Å². The number of halogens is 2. The summed E-state index contributed by atoms with van der Waals surface area (Å²) in [6.07, 6.45) is 0.0660. The van der Waals surface area contributed by atoms with Crippen LogP contribution in [0.1, 0.15) is 17.5 Å². The highest BCUT2D eigenvalue weighted by atomic mass is 79.9. The topological polar surface area (TPSA) is 102 Å². The number of fused-ring (bicyclic) bond motifs is 1. The number of methoxy groups -OCH3 is 2. The average molecular weight is 420 g/mol. The first-order valence-corrected chi connectivity index (χ1v) is 8.19. The second-order valence-electron chi connectivity index (χ2n) is 5.12. The lowest BCUT2D eigenvalue weighted by atomic mass is 9.92. The van der Waals surface area contributed by atoms with E-state index in [-0.39, 0.29) is 24.6 Å². The summed E-state index contributed by atoms with van der Waals surface area (Å²) in [6, 6.07) is 1.76. The van der Waals surface area contributed by atoms with E-state index < -0.39 is 17.9 Å². The van der Waals surface area contributed by atoms with Crippen molar-refractivity contribution in [3.63, 3.8) is 0 Å². The van der Waals surface area contributed by atoms with Crippen LogP contribution in [-0.4, -0.2) is 41.5 Å². The molecule has 0 aliphatic rings. The van der Waals surface area contributed by atoms with Crippen molar-refractivity contribution in [2.45, 2.75) is 19.4 Å². The molecule has 1 heterocycles. The van der Waals surface area contributed by atoms with Crippen molar-refractivity contribution in [2.75, 3.05) is 14.2 Å². The van der Waals surface area contributed by atoms with Crippen LogP contribution in [0.2, 0.25) is 5.15 Å². The molecule has 2 rings (SSSR count). The predicted octanol–water partition coefficient (Wildman–Crippen LogP) is 2.37. The van der Waals surface area contributed by atoms with Crippen molar-refractivity contribution in [3.8, 4) is 0 Å². The summed E-state index contributed by atoms with van der Waals surface area (Å²) in [5.41, 5.74) is 1.86. The molecule has 1 atom stereocenters. The molecule has 0 spiro atoms. The van der Waals surface area contributed by atoms with Crippen LogP contribution in [0.15, 0.2) is 10.5 Å². The maximum absolute atomic E-state index is 12.0. The normalized spacial score (nSPS) is 12.2. The first-order chi connectivity index (χ1) is 11.4. The Morgan fingerprint density at radius 2 is 2.12 bits per heavy atom. The first-order valence-electron chi connectivity index (χ1n) is 7.02. The van der Waals surface area contributed by atoms with Gasteiger partial charge >= 0.3 is 11.9 Å². The molecule has 0 saturated heterocycles. The Morgan fingerprint density at radius 3 is 2.71 bits per heavy atom. The molecule has 0 amide bonds. The van der Waals surface area contributed by atoms with Gasteiger partial charge in [-0.05, 0) is 39.5 Å². The number of rotatable bonds is 6. The lowest BCUT2D eigenvalue weighted by molar-refractivity contribution is -0.152. The molecule has 130 valence electrons. The minimum atomic E-state index is -0.734. The number of nitrogens with one attached hydrogen (secondary N) is 1. The highest BCUT2D eigenvalue weighted by molar-refractivity contribution is 9.10. The zero-order valence-corrected chi connectivity index (χ0v) is 15.4. The van der Waals surface area contributed by atoms with Gasteiger partial charge in [0.2, 0.25) is 0 Å². The standard InChI is InChI=1S/C15H16BrClN2O5/c1-23-11(21)5-8(15(22)24-2)3-7-4-10(16)13-12(9(7)6-20)14(17)19-18-13/h4,8,20H,3,5-6H2,1-2H3,(H,18,19)/t8-/m0/s1. The van der Waals surface area contributed by atoms with E-state index in [0.29, 0.717) is 26.5 Å². The van der Waals surface area contributed by atoms with Crippen LogP contribution in [0.5, 0.6) is 0 Å². The van der Waals surface area contributed by atoms with Crippen molar-refractivity contribution in [3.05, 3.63) is 26.8 Å². The van der Waals surface area contributed by atoms with Crippen LogP contribution in [0, 0.1) is 5.92 Å². The largest absolute Gasteiger partial charge is 0.469 e. The number of H-pyrrole nitrogens is 1. The minimum Gasteiger partial charge on any atom is -0.469 e. The van der Waals surface area contributed by atoms with Crippen molar-refractivity contribution >= 4 is 50.4 Å². The van der Waals surface area contributed by atoms with Gasteiger partial charge in [0.05, 0.1) is 38.7 Å². The van der Waals surface area contributed by atoms with Gasteiger partial charge in [-0.1, -0.05) is 11.6 Å². The second kappa shape index (κ2) is 7.96. The van der Waals surface area contributed by atoms with E-state index in [9.17, 15) is 14.7 Å². The van der Waals surface area contributed by atoms with Gasteiger partial charge in [0, 0.05) is 9.86 Å². The Bertz CT molecular complexity index is 777. The highest BCUT2D eigenvalue weighted by Gasteiger charge is 2.26. The Labute approximate surface area is 151 Å². The van der Waals surface area contributed by atoms with Crippen LogP contribution in [0.25, 0.3) is 10.9 Å². The molecule has 0 saturated carbocycles. The van der Waals surface area contributed by atoms with E-state index in [1.165, 1.54) is 14.2 Å². The van der Waals surface area contributed by atoms with Gasteiger partial charge < -0.3 is 14.6 Å². The van der Waals surface area contributed by atoms with E-state index in [1.807, 2.05) is 0 Å². The number of carbonyl (C=O) groups excluding carboxylic acids is 2. The molecule has 7 nitrogen and oxygen atoms in total. The lowest BCUT2D eigenvalue weighted by Gasteiger charge is -2.16. The van der Waals surface area contributed by atoms with E-state index >= 15 is 0 Å². The number of aromatic nitrogens is 2. The fourth-order valence-electron chi connectivity index (χ4n) is 2.56. The van der Waals surface area contributed by atoms with Crippen molar-refractivity contribution in [1.82, 2.24) is 10.2 Å². The Balaban J connectivity index is 2.47. The summed E-state index contributed by atoms with van der Waals surface area (Å²) in [5.74, 6) is -1.78. The summed E-state index contributed by atoms with van der Waals surface area (Å²) in [7, 11) is 2.51. The SMILES string of the molecule is COC(=O)C[C@H](Cc1cc(Br)c2[nH]nc(Cl)c2c1CO)C(=O)OC. The number of aliphatic hydroxyl groups is 1. The molecule has 9 heteroatoms. The Morgan fingerprint density at radius 1 is 1.42 bits per heavy atom. The van der Waals surface area contributed by atoms with Gasteiger partial charge in [-0.15, -0.1) is 0 Å². The predicted molar refractivity (Wildman–Crippen MR) is 90.6 cm³/mol. The molecule has 24 heavy (non-hydrogen) atoms. The van der Waals surface area contributed by atoms with E-state index in [4.69, 9.17) is 16.3 Å². The van der Waals surface area contributed by atoms with Gasteiger partial charge in [-0.25, -0.2) is 0 Å². The fraction of sp³-hybridized carbons (Fsp3) is 0.400. The molecule has 0 bridgehead atoms. The molecule has 0 aliphatic heterocycles. The zero-order valence-electron chi connectivity index (χ0n) is 13.1. The summed E-state index contributed by atoms with van der Waals surface area (Å²) < 4.78 is 10.1. The minimum absolute atomic E-state index is 0.122. The molecule has 0 fully saturated rings. The van der Waals surface area contributed by atoms with Crippen LogP contribution < -0.4 is 0 Å². The number of aromatic amines is 1. The average Bonchev–Trinajstić information content (AvgIpc) is 2.96. The maximum atomic E-state index is 12.0. The van der Waals surface area contributed by atoms with E-state index in [0.717, 1.165) is 0 Å². The molecular formula is C15H16BrClN2O5. The second-order valence-corrected chi connectivity index (χ2v) is 6.34. The number of carbonyl (C=O) groups is 2.